The Hall–Kier alpha value is -2.57. The van der Waals surface area contributed by atoms with Crippen molar-refractivity contribution in [3.63, 3.8) is 0 Å². The third-order valence-electron chi connectivity index (χ3n) is 3.39. The number of hydrogen-bond donors (Lipinski definition) is 3. The van der Waals surface area contributed by atoms with Gasteiger partial charge < -0.3 is 16.0 Å². The molecule has 0 bridgehead atoms. The first-order valence-electron chi connectivity index (χ1n) is 7.81. The molecule has 6 nitrogen and oxygen atoms in total. The number of hydrogen-bond acceptors (Lipinski definition) is 4. The lowest BCUT2D eigenvalue weighted by molar-refractivity contribution is 0.102. The molecule has 142 valence electrons. The van der Waals surface area contributed by atoms with E-state index in [2.05, 4.69) is 15.3 Å². The summed E-state index contributed by atoms with van der Waals surface area (Å²) in [5.41, 5.74) is 6.16. The maximum atomic E-state index is 13.9. The van der Waals surface area contributed by atoms with Gasteiger partial charge in [-0.2, -0.15) is 0 Å². The van der Waals surface area contributed by atoms with Gasteiger partial charge in [0.05, 0.1) is 34.8 Å². The molecule has 4 N–H and O–H groups in total. The van der Waals surface area contributed by atoms with Gasteiger partial charge in [-0.1, -0.05) is 11.6 Å². The normalized spacial score (nSPS) is 10.5. The van der Waals surface area contributed by atoms with Crippen molar-refractivity contribution in [1.82, 2.24) is 9.97 Å². The highest BCUT2D eigenvalue weighted by Crippen LogP contribution is 2.25. The molecule has 2 heterocycles. The summed E-state index contributed by atoms with van der Waals surface area (Å²) in [6, 6.07) is 6.21. The van der Waals surface area contributed by atoms with E-state index in [1.807, 2.05) is 6.07 Å². The SMILES string of the molecule is Nc1ccc(Cl)c(C(=O)Nc2cnc3[nH]ccc3c2)c1F.O=PCCCF. The lowest BCUT2D eigenvalue weighted by Gasteiger charge is -2.09. The lowest BCUT2D eigenvalue weighted by Crippen LogP contribution is -2.15. The van der Waals surface area contributed by atoms with Crippen molar-refractivity contribution >= 4 is 48.4 Å². The first-order valence-corrected chi connectivity index (χ1v) is 9.18. The van der Waals surface area contributed by atoms with Gasteiger partial charge in [0, 0.05) is 17.7 Å². The number of alkyl halides is 1. The van der Waals surface area contributed by atoms with Crippen LogP contribution in [0.5, 0.6) is 0 Å². The molecule has 0 saturated carbocycles. The molecule has 0 saturated heterocycles. The van der Waals surface area contributed by atoms with Crippen LogP contribution in [0.25, 0.3) is 11.0 Å². The number of amides is 1. The van der Waals surface area contributed by atoms with Crippen LogP contribution in [0.3, 0.4) is 0 Å². The van der Waals surface area contributed by atoms with Crippen LogP contribution < -0.4 is 11.1 Å². The summed E-state index contributed by atoms with van der Waals surface area (Å²) in [4.78, 5) is 19.2. The number of halogens is 3. The monoisotopic (exact) mass is 412 g/mol. The fourth-order valence-corrected chi connectivity index (χ4v) is 2.58. The van der Waals surface area contributed by atoms with Crippen molar-refractivity contribution in [2.75, 3.05) is 23.9 Å². The van der Waals surface area contributed by atoms with E-state index in [4.69, 9.17) is 17.3 Å². The Bertz CT molecular complexity index is 952. The number of aromatic amines is 1. The predicted octanol–water partition coefficient (Wildman–Crippen LogP) is 4.83. The molecule has 2 aromatic heterocycles. The number of H-pyrrole nitrogens is 1. The molecule has 10 heteroatoms. The van der Waals surface area contributed by atoms with Gasteiger partial charge in [0.25, 0.3) is 5.91 Å². The second kappa shape index (κ2) is 9.94. The van der Waals surface area contributed by atoms with Crippen LogP contribution in [-0.4, -0.2) is 28.7 Å². The second-order valence-corrected chi connectivity index (χ2v) is 6.43. The van der Waals surface area contributed by atoms with Crippen LogP contribution in [0.15, 0.2) is 36.7 Å². The van der Waals surface area contributed by atoms with Crippen LogP contribution in [0.2, 0.25) is 5.02 Å². The van der Waals surface area contributed by atoms with E-state index in [0.29, 0.717) is 23.9 Å². The molecule has 0 radical (unpaired) electrons. The number of pyridine rings is 1. The summed E-state index contributed by atoms with van der Waals surface area (Å²) in [5.74, 6) is -1.52. The van der Waals surface area contributed by atoms with Gasteiger partial charge in [-0.3, -0.25) is 13.8 Å². The molecule has 0 aliphatic heterocycles. The number of carbonyl (C=O) groups excluding carboxylic acids is 1. The molecule has 3 rings (SSSR count). The molecular formula is C17H16ClF2N4O2P. The van der Waals surface area contributed by atoms with Crippen LogP contribution in [0.1, 0.15) is 16.8 Å². The maximum Gasteiger partial charge on any atom is 0.260 e. The van der Waals surface area contributed by atoms with Gasteiger partial charge in [-0.15, -0.1) is 0 Å². The molecule has 0 aliphatic carbocycles. The molecule has 0 unspecified atom stereocenters. The minimum Gasteiger partial charge on any atom is -0.396 e. The number of nitrogens with one attached hydrogen (secondary N) is 2. The first kappa shape index (κ1) is 20.7. The van der Waals surface area contributed by atoms with Gasteiger partial charge >= 0.3 is 0 Å². The molecule has 0 aliphatic rings. The average molecular weight is 413 g/mol. The highest BCUT2D eigenvalue weighted by atomic mass is 35.5. The van der Waals surface area contributed by atoms with Crippen LogP contribution in [-0.2, 0) is 4.57 Å². The van der Waals surface area contributed by atoms with Crippen molar-refractivity contribution < 1.29 is 18.1 Å². The minimum atomic E-state index is -0.837. The van der Waals surface area contributed by atoms with E-state index in [0.717, 1.165) is 5.39 Å². The molecule has 27 heavy (non-hydrogen) atoms. The van der Waals surface area contributed by atoms with Gasteiger partial charge in [0.2, 0.25) is 0 Å². The summed E-state index contributed by atoms with van der Waals surface area (Å²) in [5, 5.41) is 3.37. The Kier molecular flexibility index (Phi) is 7.64. The molecule has 3 aromatic rings. The zero-order chi connectivity index (χ0) is 19.8. The molecular weight excluding hydrogens is 397 g/mol. The Morgan fingerprint density at radius 3 is 2.81 bits per heavy atom. The summed E-state index contributed by atoms with van der Waals surface area (Å²) < 4.78 is 34.5. The number of aromatic nitrogens is 2. The molecule has 1 amide bonds. The van der Waals surface area contributed by atoms with Crippen molar-refractivity contribution in [3.05, 3.63) is 53.1 Å². The third-order valence-corrected chi connectivity index (χ3v) is 4.20. The maximum absolute atomic E-state index is 13.9. The van der Waals surface area contributed by atoms with Gasteiger partial charge in [0.1, 0.15) is 5.65 Å². The Balaban J connectivity index is 0.000000380. The van der Waals surface area contributed by atoms with Crippen LogP contribution in [0, 0.1) is 5.82 Å². The Morgan fingerprint density at radius 1 is 1.37 bits per heavy atom. The first-order chi connectivity index (χ1) is 13.0. The average Bonchev–Trinajstić information content (AvgIpc) is 3.11. The number of fused-ring (bicyclic) bond motifs is 1. The van der Waals surface area contributed by atoms with Crippen LogP contribution >= 0.6 is 20.1 Å². The topological polar surface area (TPSA) is 101 Å². The molecule has 0 atom stereocenters. The highest BCUT2D eigenvalue weighted by molar-refractivity contribution is 7.23. The fraction of sp³-hybridized carbons (Fsp3) is 0.176. The Morgan fingerprint density at radius 2 is 2.15 bits per heavy atom. The van der Waals surface area contributed by atoms with Crippen molar-refractivity contribution in [3.8, 4) is 0 Å². The number of anilines is 2. The second-order valence-electron chi connectivity index (χ2n) is 5.31. The van der Waals surface area contributed by atoms with E-state index >= 15 is 0 Å². The molecule has 0 spiro atoms. The van der Waals surface area contributed by atoms with E-state index in [9.17, 15) is 18.1 Å². The zero-order valence-corrected chi connectivity index (χ0v) is 15.7. The molecule has 1 aromatic carbocycles. The van der Waals surface area contributed by atoms with Crippen molar-refractivity contribution in [2.45, 2.75) is 6.42 Å². The number of benzene rings is 1. The van der Waals surface area contributed by atoms with Crippen molar-refractivity contribution in [2.24, 2.45) is 0 Å². The number of nitrogen functional groups attached to an aromatic ring is 1. The smallest absolute Gasteiger partial charge is 0.260 e. The largest absolute Gasteiger partial charge is 0.396 e. The number of carbonyl (C=O) groups is 1. The number of rotatable bonds is 5. The number of nitrogens with two attached hydrogens (primary N) is 1. The quantitative estimate of drug-likeness (QED) is 0.317. The van der Waals surface area contributed by atoms with Gasteiger partial charge in [-0.05, 0) is 30.7 Å². The van der Waals surface area contributed by atoms with Crippen LogP contribution in [0.4, 0.5) is 20.2 Å². The summed E-state index contributed by atoms with van der Waals surface area (Å²) in [7, 11) is 0.0554. The van der Waals surface area contributed by atoms with E-state index < -0.39 is 11.7 Å². The third kappa shape index (κ3) is 5.45. The fourth-order valence-electron chi connectivity index (χ4n) is 2.10. The zero-order valence-electron chi connectivity index (χ0n) is 14.0. The summed E-state index contributed by atoms with van der Waals surface area (Å²) in [6.07, 6.45) is 4.08. The highest BCUT2D eigenvalue weighted by Gasteiger charge is 2.18. The number of nitrogens with zero attached hydrogens (tertiary/aromatic N) is 1. The van der Waals surface area contributed by atoms with Crippen molar-refractivity contribution in [1.29, 1.82) is 0 Å². The minimum absolute atomic E-state index is 0.00474. The van der Waals surface area contributed by atoms with Gasteiger partial charge in [-0.25, -0.2) is 9.37 Å². The summed E-state index contributed by atoms with van der Waals surface area (Å²) in [6.45, 7) is -0.352. The molecule has 0 fully saturated rings. The predicted molar refractivity (Wildman–Crippen MR) is 103 cm³/mol. The Labute approximate surface area is 160 Å². The van der Waals surface area contributed by atoms with E-state index in [1.165, 1.54) is 18.3 Å². The standard InChI is InChI=1S/C14H10ClFN4O.C3H6FOP/c15-9-1-2-10(17)12(16)11(9)14(21)20-8-5-7-3-4-18-13(7)19-6-8;4-2-1-3-6-5/h1-6H,17H2,(H,18,19)(H,20,21);1-3H2. The summed E-state index contributed by atoms with van der Waals surface area (Å²) >= 11 is 5.86. The lowest BCUT2D eigenvalue weighted by atomic mass is 10.1. The van der Waals surface area contributed by atoms with E-state index in [-0.39, 0.29) is 31.4 Å². The van der Waals surface area contributed by atoms with E-state index in [1.54, 1.807) is 12.3 Å². The van der Waals surface area contributed by atoms with Gasteiger partial charge in [0.15, 0.2) is 14.3 Å².